The van der Waals surface area contributed by atoms with E-state index in [0.717, 1.165) is 12.1 Å². The Labute approximate surface area is 226 Å². The van der Waals surface area contributed by atoms with Crippen LogP contribution in [0.15, 0.2) is 48.7 Å². The number of imidazole rings is 1. The number of esters is 1. The molecule has 0 saturated heterocycles. The maximum atomic E-state index is 14.2. The van der Waals surface area contributed by atoms with Gasteiger partial charge >= 0.3 is 12.1 Å². The Morgan fingerprint density at radius 2 is 1.88 bits per heavy atom. The minimum absolute atomic E-state index is 0.00605. The van der Waals surface area contributed by atoms with Crippen molar-refractivity contribution in [1.82, 2.24) is 14.7 Å². The lowest BCUT2D eigenvalue weighted by Gasteiger charge is -2.18. The number of hydrogen-bond acceptors (Lipinski definition) is 5. The number of benzene rings is 2. The molecule has 0 bridgehead atoms. The van der Waals surface area contributed by atoms with Gasteiger partial charge in [-0.15, -0.1) is 0 Å². The normalized spacial score (nSPS) is 14.7. The Hall–Kier alpha value is -4.52. The molecule has 0 spiro atoms. The number of fused-ring (bicyclic) bond motifs is 3. The van der Waals surface area contributed by atoms with Crippen LogP contribution < -0.4 is 10.6 Å². The molecule has 4 aromatic rings. The predicted octanol–water partition coefficient (Wildman–Crippen LogP) is 5.55. The Kier molecular flexibility index (Phi) is 6.70. The van der Waals surface area contributed by atoms with Gasteiger partial charge in [-0.1, -0.05) is 11.6 Å². The Bertz CT molecular complexity index is 1720. The molecule has 1 atom stereocenters. The van der Waals surface area contributed by atoms with Gasteiger partial charge in [0.2, 0.25) is 0 Å². The predicted molar refractivity (Wildman–Crippen MR) is 131 cm³/mol. The summed E-state index contributed by atoms with van der Waals surface area (Å²) in [5.41, 5.74) is -2.30. The molecule has 1 aliphatic heterocycles. The highest BCUT2D eigenvalue weighted by molar-refractivity contribution is 6.31. The van der Waals surface area contributed by atoms with Gasteiger partial charge < -0.3 is 15.4 Å². The molecule has 2 aromatic carbocycles. The highest BCUT2D eigenvalue weighted by atomic mass is 35.5. The Balaban J connectivity index is 1.69. The van der Waals surface area contributed by atoms with E-state index in [1.54, 1.807) is 6.92 Å². The van der Waals surface area contributed by atoms with E-state index < -0.39 is 52.8 Å². The number of pyridine rings is 1. The van der Waals surface area contributed by atoms with Crippen LogP contribution in [0.1, 0.15) is 61.0 Å². The molecule has 2 aromatic heterocycles. The zero-order valence-corrected chi connectivity index (χ0v) is 21.0. The van der Waals surface area contributed by atoms with Crippen LogP contribution in [0.4, 0.5) is 27.6 Å². The number of amides is 2. The first-order chi connectivity index (χ1) is 18.9. The van der Waals surface area contributed by atoms with Gasteiger partial charge in [-0.2, -0.15) is 13.2 Å². The van der Waals surface area contributed by atoms with Gasteiger partial charge in [0.25, 0.3) is 11.8 Å². The molecule has 1 aliphatic rings. The van der Waals surface area contributed by atoms with Crippen molar-refractivity contribution in [3.63, 3.8) is 0 Å². The lowest BCUT2D eigenvalue weighted by Crippen LogP contribution is -2.21. The zero-order valence-electron chi connectivity index (χ0n) is 20.2. The molecule has 8 nitrogen and oxygen atoms in total. The molecule has 1 unspecified atom stereocenters. The van der Waals surface area contributed by atoms with Crippen LogP contribution in [-0.4, -0.2) is 33.8 Å². The summed E-state index contributed by atoms with van der Waals surface area (Å²) in [6.45, 7) is 1.62. The summed E-state index contributed by atoms with van der Waals surface area (Å²) in [6.07, 6.45) is -3.69. The molecule has 206 valence electrons. The largest absolute Gasteiger partial charge is 0.461 e. The van der Waals surface area contributed by atoms with Gasteiger partial charge in [0, 0.05) is 34.0 Å². The topological polar surface area (TPSA) is 102 Å². The number of carbonyl (C=O) groups excluding carboxylic acids is 3. The molecular weight excluding hydrogens is 563 g/mol. The van der Waals surface area contributed by atoms with Crippen molar-refractivity contribution in [1.29, 1.82) is 0 Å². The number of rotatable bonds is 5. The van der Waals surface area contributed by atoms with Gasteiger partial charge in [0.15, 0.2) is 5.69 Å². The first-order valence-corrected chi connectivity index (χ1v) is 11.9. The first kappa shape index (κ1) is 27.1. The monoisotopic (exact) mass is 578 g/mol. The molecular formula is C26H16ClF5N4O4. The second-order valence-electron chi connectivity index (χ2n) is 8.65. The SMILES string of the molecule is CCOC(=O)c1cn2c3c(c(NC(=O)c4cc(F)cc(C(F)(F)F)c4)cc2n1)C(c1cc(F)ccc1Cl)NC3=O. The van der Waals surface area contributed by atoms with Gasteiger partial charge in [-0.25, -0.2) is 18.6 Å². The van der Waals surface area contributed by atoms with E-state index in [9.17, 15) is 36.3 Å². The van der Waals surface area contributed by atoms with Crippen LogP contribution in [0, 0.1) is 11.6 Å². The van der Waals surface area contributed by atoms with Crippen molar-refractivity contribution in [2.24, 2.45) is 0 Å². The number of halogens is 6. The quantitative estimate of drug-likeness (QED) is 0.239. The molecule has 2 amide bonds. The van der Waals surface area contributed by atoms with E-state index in [1.807, 2.05) is 0 Å². The number of aromatic nitrogens is 2. The molecule has 0 aliphatic carbocycles. The third-order valence-corrected chi connectivity index (χ3v) is 6.41. The molecule has 0 fully saturated rings. The van der Waals surface area contributed by atoms with Crippen LogP contribution in [0.5, 0.6) is 0 Å². The smallest absolute Gasteiger partial charge is 0.416 e. The van der Waals surface area contributed by atoms with Gasteiger partial charge in [0.05, 0.1) is 23.9 Å². The Morgan fingerprint density at radius 1 is 1.12 bits per heavy atom. The second-order valence-corrected chi connectivity index (χ2v) is 9.06. The zero-order chi connectivity index (χ0) is 28.9. The molecule has 3 heterocycles. The van der Waals surface area contributed by atoms with E-state index in [-0.39, 0.29) is 51.5 Å². The third kappa shape index (κ3) is 4.83. The van der Waals surface area contributed by atoms with Crippen molar-refractivity contribution >= 4 is 40.7 Å². The van der Waals surface area contributed by atoms with Gasteiger partial charge in [-0.3, -0.25) is 14.0 Å². The average molecular weight is 579 g/mol. The molecule has 0 radical (unpaired) electrons. The summed E-state index contributed by atoms with van der Waals surface area (Å²) in [6, 6.07) is 4.87. The Morgan fingerprint density at radius 3 is 2.58 bits per heavy atom. The molecule has 0 saturated carbocycles. The highest BCUT2D eigenvalue weighted by Crippen LogP contribution is 2.40. The maximum absolute atomic E-state index is 14.2. The van der Waals surface area contributed by atoms with Crippen molar-refractivity contribution in [2.75, 3.05) is 11.9 Å². The molecule has 14 heteroatoms. The number of anilines is 1. The van der Waals surface area contributed by atoms with E-state index in [2.05, 4.69) is 15.6 Å². The standard InChI is InChI=1S/C26H16ClF5N4O4/c1-2-40-25(39)18-10-36-19(33-18)9-17(34-23(37)11-5-12(26(30,31)32)7-14(29)6-11)20-21(35-24(38)22(20)36)15-8-13(28)3-4-16(15)27/h3-10,21H,2H2,1H3,(H,34,37)(H,35,38). The fourth-order valence-electron chi connectivity index (χ4n) is 4.39. The minimum Gasteiger partial charge on any atom is -0.461 e. The number of alkyl halides is 3. The lowest BCUT2D eigenvalue weighted by molar-refractivity contribution is -0.137. The van der Waals surface area contributed by atoms with Crippen molar-refractivity contribution in [3.8, 4) is 0 Å². The van der Waals surface area contributed by atoms with Crippen molar-refractivity contribution in [3.05, 3.63) is 99.0 Å². The molecule has 2 N–H and O–H groups in total. The van der Waals surface area contributed by atoms with E-state index in [1.165, 1.54) is 22.7 Å². The van der Waals surface area contributed by atoms with Crippen LogP contribution in [0.2, 0.25) is 5.02 Å². The van der Waals surface area contributed by atoms with Crippen molar-refractivity contribution < 1.29 is 41.1 Å². The van der Waals surface area contributed by atoms with E-state index >= 15 is 0 Å². The first-order valence-electron chi connectivity index (χ1n) is 11.6. The summed E-state index contributed by atoms with van der Waals surface area (Å²) < 4.78 is 74.1. The highest BCUT2D eigenvalue weighted by Gasteiger charge is 2.38. The number of nitrogens with one attached hydrogen (secondary N) is 2. The summed E-state index contributed by atoms with van der Waals surface area (Å²) in [5.74, 6) is -4.63. The van der Waals surface area contributed by atoms with E-state index in [4.69, 9.17) is 16.3 Å². The van der Waals surface area contributed by atoms with Crippen LogP contribution in [0.3, 0.4) is 0 Å². The van der Waals surface area contributed by atoms with Gasteiger partial charge in [0.1, 0.15) is 23.0 Å². The van der Waals surface area contributed by atoms with Crippen molar-refractivity contribution in [2.45, 2.75) is 19.1 Å². The number of nitrogens with zero attached hydrogens (tertiary/aromatic N) is 2. The minimum atomic E-state index is -4.92. The van der Waals surface area contributed by atoms with Crippen LogP contribution >= 0.6 is 11.6 Å². The molecule has 40 heavy (non-hydrogen) atoms. The number of ether oxygens (including phenoxy) is 1. The second kappa shape index (κ2) is 9.90. The number of hydrogen-bond donors (Lipinski definition) is 2. The number of carbonyl (C=O) groups is 3. The summed E-state index contributed by atoms with van der Waals surface area (Å²) in [7, 11) is 0. The third-order valence-electron chi connectivity index (χ3n) is 6.06. The van der Waals surface area contributed by atoms with Crippen LogP contribution in [-0.2, 0) is 10.9 Å². The maximum Gasteiger partial charge on any atom is 0.416 e. The van der Waals surface area contributed by atoms with E-state index in [0.29, 0.717) is 12.1 Å². The fourth-order valence-corrected chi connectivity index (χ4v) is 4.62. The van der Waals surface area contributed by atoms with Crippen LogP contribution in [0.25, 0.3) is 5.65 Å². The fraction of sp³-hybridized carbons (Fsp3) is 0.154. The molecule has 5 rings (SSSR count). The van der Waals surface area contributed by atoms with Gasteiger partial charge in [-0.05, 0) is 43.3 Å². The summed E-state index contributed by atoms with van der Waals surface area (Å²) >= 11 is 6.29. The lowest BCUT2D eigenvalue weighted by atomic mass is 9.98. The summed E-state index contributed by atoms with van der Waals surface area (Å²) in [5, 5.41) is 5.10. The average Bonchev–Trinajstić information content (AvgIpc) is 3.46. The summed E-state index contributed by atoms with van der Waals surface area (Å²) in [4.78, 5) is 42.7.